The number of nitrogens with zero attached hydrogens (tertiary/aromatic N) is 5. The fourth-order valence-electron chi connectivity index (χ4n) is 2.40. The third-order valence-electron chi connectivity index (χ3n) is 3.81. The summed E-state index contributed by atoms with van der Waals surface area (Å²) in [5, 5.41) is 14.6. The third-order valence-corrected chi connectivity index (χ3v) is 5.74. The second-order valence-corrected chi connectivity index (χ2v) is 7.97. The van der Waals surface area contributed by atoms with Gasteiger partial charge in [0.05, 0.1) is 16.3 Å². The van der Waals surface area contributed by atoms with E-state index in [-0.39, 0.29) is 12.6 Å². The number of ether oxygens (including phenoxy) is 1. The molecule has 0 aliphatic rings. The zero-order valence-electron chi connectivity index (χ0n) is 15.3. The summed E-state index contributed by atoms with van der Waals surface area (Å²) in [6.07, 6.45) is 2.02. The Kier molecular flexibility index (Phi) is 6.94. The number of esters is 1. The van der Waals surface area contributed by atoms with Crippen LogP contribution in [0.3, 0.4) is 0 Å². The van der Waals surface area contributed by atoms with Crippen molar-refractivity contribution in [2.24, 2.45) is 0 Å². The molecule has 0 saturated carbocycles. The number of rotatable bonds is 9. The number of carbonyl (C=O) groups excluding carboxylic acids is 1. The second kappa shape index (κ2) is 9.61. The number of thiazole rings is 1. The topological polar surface area (TPSA) is 82.8 Å². The maximum atomic E-state index is 12.6. The summed E-state index contributed by atoms with van der Waals surface area (Å²) in [5.41, 5.74) is 1.56. The average Bonchev–Trinajstić information content (AvgIpc) is 3.31. The van der Waals surface area contributed by atoms with Crippen LogP contribution in [0.4, 0.5) is 0 Å². The number of hydrogen-bond donors (Lipinski definition) is 0. The molecular formula is C18H21N5O2S2. The maximum absolute atomic E-state index is 12.6. The second-order valence-electron chi connectivity index (χ2n) is 5.89. The van der Waals surface area contributed by atoms with Gasteiger partial charge in [0.25, 0.3) is 0 Å². The fourth-order valence-corrected chi connectivity index (χ4v) is 4.05. The van der Waals surface area contributed by atoms with Crippen molar-refractivity contribution >= 4 is 29.1 Å². The first-order chi connectivity index (χ1) is 13.2. The van der Waals surface area contributed by atoms with E-state index >= 15 is 0 Å². The molecule has 142 valence electrons. The molecule has 0 unspecified atom stereocenters. The van der Waals surface area contributed by atoms with Gasteiger partial charge >= 0.3 is 5.97 Å². The molecular weight excluding hydrogens is 382 g/mol. The minimum absolute atomic E-state index is 0.0554. The summed E-state index contributed by atoms with van der Waals surface area (Å²) in [6.45, 7) is 4.86. The highest BCUT2D eigenvalue weighted by atomic mass is 32.2. The van der Waals surface area contributed by atoms with Gasteiger partial charge in [-0.3, -0.25) is 0 Å². The molecule has 0 amide bonds. The van der Waals surface area contributed by atoms with Gasteiger partial charge in [-0.2, -0.15) is 0 Å². The van der Waals surface area contributed by atoms with Crippen molar-refractivity contribution in [2.75, 3.05) is 0 Å². The Morgan fingerprint density at radius 3 is 2.96 bits per heavy atom. The van der Waals surface area contributed by atoms with E-state index in [0.29, 0.717) is 17.1 Å². The molecule has 0 atom stereocenters. The molecule has 9 heteroatoms. The molecule has 0 aliphatic carbocycles. The number of aromatic nitrogens is 5. The molecule has 0 radical (unpaired) electrons. The Balaban J connectivity index is 1.62. The Morgan fingerprint density at radius 2 is 2.19 bits per heavy atom. The fraction of sp³-hybridized carbons (Fsp3) is 0.389. The lowest BCUT2D eigenvalue weighted by molar-refractivity contribution is 0.0452. The first-order valence-electron chi connectivity index (χ1n) is 8.72. The normalized spacial score (nSPS) is 10.9. The van der Waals surface area contributed by atoms with Crippen molar-refractivity contribution in [3.8, 4) is 0 Å². The summed E-state index contributed by atoms with van der Waals surface area (Å²) in [7, 11) is 0. The van der Waals surface area contributed by atoms with Crippen molar-refractivity contribution in [3.63, 3.8) is 0 Å². The maximum Gasteiger partial charge on any atom is 0.339 e. The Bertz CT molecular complexity index is 893. The molecule has 0 fully saturated rings. The lowest BCUT2D eigenvalue weighted by Crippen LogP contribution is -2.12. The number of hydrogen-bond acceptors (Lipinski definition) is 8. The van der Waals surface area contributed by atoms with Crippen LogP contribution in [0.5, 0.6) is 0 Å². The van der Waals surface area contributed by atoms with Crippen LogP contribution in [0.2, 0.25) is 0 Å². The molecule has 0 spiro atoms. The largest absolute Gasteiger partial charge is 0.454 e. The van der Waals surface area contributed by atoms with Crippen LogP contribution in [0.1, 0.15) is 46.6 Å². The van der Waals surface area contributed by atoms with E-state index in [9.17, 15) is 4.79 Å². The molecule has 1 aromatic carbocycles. The van der Waals surface area contributed by atoms with E-state index < -0.39 is 0 Å². The molecule has 0 N–H and O–H groups in total. The monoisotopic (exact) mass is 403 g/mol. The number of thioether (sulfide) groups is 1. The first kappa shape index (κ1) is 19.5. The molecule has 0 aliphatic heterocycles. The minimum Gasteiger partial charge on any atom is -0.454 e. The van der Waals surface area contributed by atoms with Crippen LogP contribution in [0, 0.1) is 6.92 Å². The smallest absolute Gasteiger partial charge is 0.339 e. The summed E-state index contributed by atoms with van der Waals surface area (Å²) in [4.78, 5) is 17.9. The van der Waals surface area contributed by atoms with Gasteiger partial charge in [0.15, 0.2) is 12.4 Å². The lowest BCUT2D eigenvalue weighted by atomic mass is 10.2. The summed E-state index contributed by atoms with van der Waals surface area (Å²) >= 11 is 3.20. The molecule has 0 saturated heterocycles. The van der Waals surface area contributed by atoms with Gasteiger partial charge in [0.1, 0.15) is 0 Å². The van der Waals surface area contributed by atoms with E-state index in [1.807, 2.05) is 30.5 Å². The number of aryl methyl sites for hydroxylation is 2. The predicted octanol–water partition coefficient (Wildman–Crippen LogP) is 3.89. The van der Waals surface area contributed by atoms with Gasteiger partial charge in [0, 0.05) is 22.6 Å². The quantitative estimate of drug-likeness (QED) is 0.396. The zero-order valence-corrected chi connectivity index (χ0v) is 16.9. The average molecular weight is 404 g/mol. The lowest BCUT2D eigenvalue weighted by Gasteiger charge is -2.09. The molecule has 0 bridgehead atoms. The molecule has 3 aromatic rings. The molecule has 7 nitrogen and oxygen atoms in total. The first-order valence-corrected chi connectivity index (χ1v) is 10.6. The highest BCUT2D eigenvalue weighted by molar-refractivity contribution is 7.98. The zero-order chi connectivity index (χ0) is 19.1. The van der Waals surface area contributed by atoms with Gasteiger partial charge in [-0.1, -0.05) is 25.5 Å². The van der Waals surface area contributed by atoms with Crippen molar-refractivity contribution in [2.45, 2.75) is 50.5 Å². The van der Waals surface area contributed by atoms with Crippen LogP contribution < -0.4 is 0 Å². The van der Waals surface area contributed by atoms with Crippen LogP contribution in [-0.4, -0.2) is 31.2 Å². The third kappa shape index (κ3) is 5.36. The van der Waals surface area contributed by atoms with Crippen molar-refractivity contribution in [1.82, 2.24) is 25.2 Å². The Hall–Kier alpha value is -2.26. The predicted molar refractivity (Wildman–Crippen MR) is 105 cm³/mol. The van der Waals surface area contributed by atoms with Crippen LogP contribution in [0.25, 0.3) is 0 Å². The van der Waals surface area contributed by atoms with Crippen LogP contribution in [-0.2, 0) is 23.6 Å². The molecule has 2 heterocycles. The standard InChI is InChI=1S/C18H21N5O2S2/c1-3-4-9-23-17(20-21-22-23)10-25-18(24)15-7-5-6-8-16(15)27-12-14-11-26-13(2)19-14/h5-8,11H,3-4,9-10,12H2,1-2H3. The SMILES string of the molecule is CCCCn1nnnc1COC(=O)c1ccccc1SCc1csc(C)n1. The molecule has 3 rings (SSSR count). The van der Waals surface area contributed by atoms with Gasteiger partial charge in [-0.15, -0.1) is 28.2 Å². The Labute approximate surface area is 166 Å². The molecule has 27 heavy (non-hydrogen) atoms. The Morgan fingerprint density at radius 1 is 1.33 bits per heavy atom. The van der Waals surface area contributed by atoms with Crippen molar-refractivity contribution in [1.29, 1.82) is 0 Å². The number of benzene rings is 1. The van der Waals surface area contributed by atoms with E-state index in [1.165, 1.54) is 0 Å². The van der Waals surface area contributed by atoms with E-state index in [1.54, 1.807) is 33.8 Å². The van der Waals surface area contributed by atoms with Gasteiger partial charge in [-0.05, 0) is 35.9 Å². The number of unbranched alkanes of at least 4 members (excludes halogenated alkanes) is 1. The number of carbonyl (C=O) groups is 1. The highest BCUT2D eigenvalue weighted by Crippen LogP contribution is 2.27. The van der Waals surface area contributed by atoms with E-state index in [4.69, 9.17) is 4.74 Å². The van der Waals surface area contributed by atoms with Gasteiger partial charge < -0.3 is 4.74 Å². The minimum atomic E-state index is -0.377. The summed E-state index contributed by atoms with van der Waals surface area (Å²) < 4.78 is 7.14. The van der Waals surface area contributed by atoms with Crippen molar-refractivity contribution < 1.29 is 9.53 Å². The summed E-state index contributed by atoms with van der Waals surface area (Å²) in [6, 6.07) is 7.44. The van der Waals surface area contributed by atoms with Crippen LogP contribution >= 0.6 is 23.1 Å². The van der Waals surface area contributed by atoms with Gasteiger partial charge in [-0.25, -0.2) is 14.5 Å². The van der Waals surface area contributed by atoms with Gasteiger partial charge in [0.2, 0.25) is 0 Å². The van der Waals surface area contributed by atoms with Crippen LogP contribution in [0.15, 0.2) is 34.5 Å². The summed E-state index contributed by atoms with van der Waals surface area (Å²) in [5.74, 6) is 0.890. The van der Waals surface area contributed by atoms with E-state index in [0.717, 1.165) is 35.0 Å². The number of tetrazole rings is 1. The van der Waals surface area contributed by atoms with E-state index in [2.05, 4.69) is 27.4 Å². The highest BCUT2D eigenvalue weighted by Gasteiger charge is 2.15. The van der Waals surface area contributed by atoms with Crippen molar-refractivity contribution in [3.05, 3.63) is 51.7 Å². The molecule has 2 aromatic heterocycles.